The fourth-order valence-electron chi connectivity index (χ4n) is 2.07. The first-order valence-corrected chi connectivity index (χ1v) is 8.85. The normalized spacial score (nSPS) is 11.9. The lowest BCUT2D eigenvalue weighted by molar-refractivity contribution is -0.137. The van der Waals surface area contributed by atoms with E-state index in [1.54, 1.807) is 0 Å². The number of allylic oxidation sites excluding steroid dienone is 6. The molecule has 0 aromatic heterocycles. The second-order valence-corrected chi connectivity index (χ2v) is 5.71. The van der Waals surface area contributed by atoms with Gasteiger partial charge in [-0.25, -0.2) is 0 Å². The molecule has 0 aromatic rings. The average Bonchev–Trinajstić information content (AvgIpc) is 2.52. The number of Topliss-reactive ketones (excluding diaryl/α,β-unsaturated/α-hetero) is 1. The molecule has 0 aliphatic rings. The summed E-state index contributed by atoms with van der Waals surface area (Å²) >= 11 is 0. The highest BCUT2D eigenvalue weighted by Crippen LogP contribution is 2.03. The predicted octanol–water partition coefficient (Wildman–Crippen LogP) is 5.62. The van der Waals surface area contributed by atoms with E-state index in [1.165, 1.54) is 19.3 Å². The first kappa shape index (κ1) is 21.4. The number of carboxylic acids is 1. The molecule has 130 valence electrons. The smallest absolute Gasteiger partial charge is 0.303 e. The Bertz CT molecular complexity index is 392. The third-order valence-corrected chi connectivity index (χ3v) is 3.44. The van der Waals surface area contributed by atoms with E-state index in [4.69, 9.17) is 5.11 Å². The number of carbonyl (C=O) groups excluding carboxylic acids is 1. The second-order valence-electron chi connectivity index (χ2n) is 5.71. The lowest BCUT2D eigenvalue weighted by atomic mass is 10.1. The first-order chi connectivity index (χ1) is 11.2. The largest absolute Gasteiger partial charge is 0.481 e. The molecule has 0 atom stereocenters. The minimum Gasteiger partial charge on any atom is -0.481 e. The number of aliphatic carboxylic acids is 1. The van der Waals surface area contributed by atoms with Crippen molar-refractivity contribution in [2.75, 3.05) is 0 Å². The molecule has 0 radical (unpaired) electrons. The molecule has 0 unspecified atom stereocenters. The van der Waals surface area contributed by atoms with E-state index in [-0.39, 0.29) is 12.2 Å². The van der Waals surface area contributed by atoms with Crippen molar-refractivity contribution in [1.82, 2.24) is 0 Å². The van der Waals surface area contributed by atoms with Crippen LogP contribution in [0.5, 0.6) is 0 Å². The van der Waals surface area contributed by atoms with Gasteiger partial charge in [0, 0.05) is 19.3 Å². The minimum absolute atomic E-state index is 0.224. The van der Waals surface area contributed by atoms with Gasteiger partial charge in [-0.3, -0.25) is 9.59 Å². The van der Waals surface area contributed by atoms with Crippen LogP contribution in [0.15, 0.2) is 36.5 Å². The molecular weight excluding hydrogens is 288 g/mol. The quantitative estimate of drug-likeness (QED) is 0.315. The Kier molecular flexibility index (Phi) is 15.5. The van der Waals surface area contributed by atoms with Gasteiger partial charge in [-0.15, -0.1) is 0 Å². The topological polar surface area (TPSA) is 54.4 Å². The highest BCUT2D eigenvalue weighted by atomic mass is 16.4. The van der Waals surface area contributed by atoms with Crippen molar-refractivity contribution >= 4 is 11.8 Å². The number of hydrogen-bond donors (Lipinski definition) is 1. The van der Waals surface area contributed by atoms with E-state index in [0.29, 0.717) is 19.3 Å². The van der Waals surface area contributed by atoms with Crippen molar-refractivity contribution in [2.45, 2.75) is 77.6 Å². The van der Waals surface area contributed by atoms with Gasteiger partial charge in [-0.1, -0.05) is 56.2 Å². The molecule has 3 heteroatoms. The maximum Gasteiger partial charge on any atom is 0.303 e. The second kappa shape index (κ2) is 16.7. The molecule has 0 heterocycles. The van der Waals surface area contributed by atoms with E-state index in [2.05, 4.69) is 19.1 Å². The molecule has 1 N–H and O–H groups in total. The Morgan fingerprint density at radius 3 is 2.17 bits per heavy atom. The molecule has 0 saturated carbocycles. The molecule has 23 heavy (non-hydrogen) atoms. The van der Waals surface area contributed by atoms with Gasteiger partial charge in [0.05, 0.1) is 0 Å². The van der Waals surface area contributed by atoms with Gasteiger partial charge in [-0.05, 0) is 38.5 Å². The number of ketones is 1. The molecule has 0 bridgehead atoms. The summed E-state index contributed by atoms with van der Waals surface area (Å²) in [5.74, 6) is -0.461. The highest BCUT2D eigenvalue weighted by Gasteiger charge is 1.96. The van der Waals surface area contributed by atoms with E-state index < -0.39 is 5.97 Å². The SMILES string of the molecule is CCCCC/C=C\CCC(=O)C/C=C\C/C=C\CCCC(=O)O. The van der Waals surface area contributed by atoms with Gasteiger partial charge in [0.2, 0.25) is 0 Å². The lowest BCUT2D eigenvalue weighted by Crippen LogP contribution is -1.93. The summed E-state index contributed by atoms with van der Waals surface area (Å²) in [6, 6.07) is 0. The molecule has 0 amide bonds. The number of unbranched alkanes of at least 4 members (excludes halogenated alkanes) is 4. The molecule has 0 fully saturated rings. The summed E-state index contributed by atoms with van der Waals surface area (Å²) in [7, 11) is 0. The Hall–Kier alpha value is -1.64. The number of rotatable bonds is 15. The number of hydrogen-bond acceptors (Lipinski definition) is 2. The maximum absolute atomic E-state index is 11.7. The maximum atomic E-state index is 11.7. The third-order valence-electron chi connectivity index (χ3n) is 3.44. The zero-order chi connectivity index (χ0) is 17.2. The van der Waals surface area contributed by atoms with Gasteiger partial charge in [0.15, 0.2) is 0 Å². The molecule has 0 aliphatic heterocycles. The van der Waals surface area contributed by atoms with Crippen LogP contribution in [-0.2, 0) is 9.59 Å². The van der Waals surface area contributed by atoms with E-state index in [9.17, 15) is 9.59 Å². The summed E-state index contributed by atoms with van der Waals surface area (Å²) in [4.78, 5) is 22.0. The summed E-state index contributed by atoms with van der Waals surface area (Å²) < 4.78 is 0. The van der Waals surface area contributed by atoms with Crippen molar-refractivity contribution in [2.24, 2.45) is 0 Å². The van der Waals surface area contributed by atoms with Gasteiger partial charge >= 0.3 is 5.97 Å². The molecule has 3 nitrogen and oxygen atoms in total. The minimum atomic E-state index is -0.743. The van der Waals surface area contributed by atoms with Crippen LogP contribution in [0, 0.1) is 0 Å². The van der Waals surface area contributed by atoms with Crippen LogP contribution >= 0.6 is 0 Å². The number of carboxylic acid groups (broad SMARTS) is 1. The van der Waals surface area contributed by atoms with E-state index in [1.807, 2.05) is 24.3 Å². The first-order valence-electron chi connectivity index (χ1n) is 8.85. The van der Waals surface area contributed by atoms with Crippen molar-refractivity contribution in [3.8, 4) is 0 Å². The van der Waals surface area contributed by atoms with Gasteiger partial charge in [0.25, 0.3) is 0 Å². The summed E-state index contributed by atoms with van der Waals surface area (Å²) in [6.07, 6.45) is 21.6. The Morgan fingerprint density at radius 2 is 1.43 bits per heavy atom. The van der Waals surface area contributed by atoms with Crippen LogP contribution in [0.4, 0.5) is 0 Å². The highest BCUT2D eigenvalue weighted by molar-refractivity contribution is 5.79. The van der Waals surface area contributed by atoms with Gasteiger partial charge in [0.1, 0.15) is 5.78 Å². The fraction of sp³-hybridized carbons (Fsp3) is 0.600. The van der Waals surface area contributed by atoms with E-state index >= 15 is 0 Å². The number of carbonyl (C=O) groups is 2. The van der Waals surface area contributed by atoms with Crippen LogP contribution in [0.3, 0.4) is 0 Å². The molecule has 0 spiro atoms. The molecular formula is C20H32O3. The zero-order valence-corrected chi connectivity index (χ0v) is 14.5. The van der Waals surface area contributed by atoms with Crippen molar-refractivity contribution in [3.05, 3.63) is 36.5 Å². The standard InChI is InChI=1S/C20H32O3/c1-2-3-4-5-7-10-13-16-19(21)17-14-11-8-6-9-12-15-18-20(22)23/h6-7,9-11,14H,2-5,8,12-13,15-18H2,1H3,(H,22,23)/b9-6-,10-7-,14-11-. The third kappa shape index (κ3) is 18.3. The van der Waals surface area contributed by atoms with Crippen LogP contribution in [-0.4, -0.2) is 16.9 Å². The lowest BCUT2D eigenvalue weighted by Gasteiger charge is -1.94. The van der Waals surface area contributed by atoms with Crippen LogP contribution in [0.25, 0.3) is 0 Å². The van der Waals surface area contributed by atoms with Crippen molar-refractivity contribution in [3.63, 3.8) is 0 Å². The van der Waals surface area contributed by atoms with Crippen LogP contribution < -0.4 is 0 Å². The average molecular weight is 320 g/mol. The zero-order valence-electron chi connectivity index (χ0n) is 14.5. The fourth-order valence-corrected chi connectivity index (χ4v) is 2.07. The molecule has 0 saturated heterocycles. The van der Waals surface area contributed by atoms with Gasteiger partial charge < -0.3 is 5.11 Å². The predicted molar refractivity (Wildman–Crippen MR) is 96.5 cm³/mol. The summed E-state index contributed by atoms with van der Waals surface area (Å²) in [6.45, 7) is 2.20. The summed E-state index contributed by atoms with van der Waals surface area (Å²) in [5.41, 5.74) is 0. The van der Waals surface area contributed by atoms with Crippen LogP contribution in [0.2, 0.25) is 0 Å². The Balaban J connectivity index is 3.50. The van der Waals surface area contributed by atoms with Crippen molar-refractivity contribution < 1.29 is 14.7 Å². The monoisotopic (exact) mass is 320 g/mol. The molecule has 0 aliphatic carbocycles. The molecule has 0 rings (SSSR count). The van der Waals surface area contributed by atoms with Crippen molar-refractivity contribution in [1.29, 1.82) is 0 Å². The van der Waals surface area contributed by atoms with Crippen LogP contribution in [0.1, 0.15) is 77.6 Å². The van der Waals surface area contributed by atoms with E-state index in [0.717, 1.165) is 25.7 Å². The Morgan fingerprint density at radius 1 is 0.783 bits per heavy atom. The molecule has 0 aromatic carbocycles. The summed E-state index contributed by atoms with van der Waals surface area (Å²) in [5, 5.41) is 8.49. The van der Waals surface area contributed by atoms with Gasteiger partial charge in [-0.2, -0.15) is 0 Å². The Labute approximate surface area is 141 Å².